The summed E-state index contributed by atoms with van der Waals surface area (Å²) in [5.74, 6) is -28.8. The van der Waals surface area contributed by atoms with Crippen molar-refractivity contribution in [3.63, 3.8) is 0 Å². The number of halogens is 20. The molecule has 6 unspecified atom stereocenters. The Bertz CT molecular complexity index is 2600. The van der Waals surface area contributed by atoms with Gasteiger partial charge in [-0.15, -0.1) is 0 Å². The molecule has 101 heavy (non-hydrogen) atoms. The second kappa shape index (κ2) is 47.5. The van der Waals surface area contributed by atoms with Gasteiger partial charge in [-0.1, -0.05) is 110 Å². The maximum Gasteiger partial charge on any atom is 1.00 e. The van der Waals surface area contributed by atoms with Gasteiger partial charge < -0.3 is 53.6 Å². The maximum atomic E-state index is 14.7. The van der Waals surface area contributed by atoms with Crippen LogP contribution in [0.25, 0.3) is 0 Å². The first kappa shape index (κ1) is 106. The summed E-state index contributed by atoms with van der Waals surface area (Å²) in [4.78, 5) is 73.0. The van der Waals surface area contributed by atoms with E-state index in [-0.39, 0.29) is 112 Å². The van der Waals surface area contributed by atoms with Crippen LogP contribution >= 0.6 is 0 Å². The number of esters is 3. The predicted molar refractivity (Wildman–Crippen MR) is 297 cm³/mol. The van der Waals surface area contributed by atoms with Gasteiger partial charge in [-0.3, -0.25) is 14.4 Å². The van der Waals surface area contributed by atoms with Crippen LogP contribution in [0.5, 0.6) is 0 Å². The van der Waals surface area contributed by atoms with Gasteiger partial charge in [0.05, 0.1) is 6.10 Å². The summed E-state index contributed by atoms with van der Waals surface area (Å²) in [6, 6.07) is -3.26. The first-order chi connectivity index (χ1) is 44.5. The zero-order valence-corrected chi connectivity index (χ0v) is 57.2. The van der Waals surface area contributed by atoms with Gasteiger partial charge in [0.2, 0.25) is 5.79 Å². The number of Topliss-reactive ketones (excluding diaryl/α,β-unsaturated/α-hetero) is 2. The molecule has 5 aliphatic rings. The van der Waals surface area contributed by atoms with E-state index in [4.69, 9.17) is 23.7 Å². The Morgan fingerprint density at radius 2 is 0.990 bits per heavy atom. The van der Waals surface area contributed by atoms with E-state index in [1.54, 1.807) is 0 Å². The number of alkyl halides is 17. The third kappa shape index (κ3) is 39.3. The second-order valence-electron chi connectivity index (χ2n) is 23.7. The summed E-state index contributed by atoms with van der Waals surface area (Å²) in [5.41, 5.74) is 0.478. The van der Waals surface area contributed by atoms with Crippen molar-refractivity contribution in [3.8, 4) is 0 Å². The topological polar surface area (TPSA) is 264 Å². The smallest absolute Gasteiger partial charge is 0.866 e. The number of hydrogen-bond acceptors (Lipinski definition) is 17. The van der Waals surface area contributed by atoms with Crippen molar-refractivity contribution in [2.24, 2.45) is 23.7 Å². The third-order valence-electron chi connectivity index (χ3n) is 14.6. The Kier molecular flexibility index (Phi) is 49.7. The van der Waals surface area contributed by atoms with Gasteiger partial charge in [-0.2, -0.15) is 83.4 Å². The number of hydrogen-bond donors (Lipinski definition) is 1. The summed E-state index contributed by atoms with van der Waals surface area (Å²) in [5, 5.41) is 42.6. The minimum absolute atomic E-state index is 0. The van der Waals surface area contributed by atoms with Gasteiger partial charge in [0, 0.05) is 34.2 Å². The second-order valence-corrected chi connectivity index (χ2v) is 23.7. The Balaban J connectivity index is -0.000000372. The average Bonchev–Trinajstić information content (AvgIpc) is 0.714. The summed E-state index contributed by atoms with van der Waals surface area (Å²) < 4.78 is 269. The fraction of sp³-hybridized carbons (Fsp3) is 0.754. The van der Waals surface area contributed by atoms with Crippen LogP contribution in [0.2, 0.25) is 0 Å². The molecule has 0 spiro atoms. The SMILES string of the molecule is C=C(C)C(=O)OCC(C)([O-])OC(CF)C1CCCCC1.C=C(C)C(=O)OCC(C)=O.C=C(C)C(=O)OCC1(C)OC(C2CCCCC2)C(F)(F)C(O)(C(F)(F)F)O1.O=C(C(F)(F)F)C(F)(F)C([O-])C1CCCCC1.O=C(F)C(F)(F)F.O=CC1CCCCC1.[Li+].[Li+].[Li+].[O-]C(=C(F)F)C(F)(F)F. The van der Waals surface area contributed by atoms with E-state index in [1.807, 2.05) is 0 Å². The predicted octanol–water partition coefficient (Wildman–Crippen LogP) is 3.42. The number of aliphatic hydroxyl groups is 1. The molecule has 5 fully saturated rings. The van der Waals surface area contributed by atoms with Crippen LogP contribution in [0.4, 0.5) is 87.8 Å². The largest absolute Gasteiger partial charge is 1.00 e. The first-order valence-corrected chi connectivity index (χ1v) is 30.2. The molecule has 17 nitrogen and oxygen atoms in total. The van der Waals surface area contributed by atoms with Crippen LogP contribution in [0.3, 0.4) is 0 Å². The van der Waals surface area contributed by atoms with E-state index >= 15 is 0 Å². The van der Waals surface area contributed by atoms with E-state index in [1.165, 1.54) is 53.9 Å². The van der Waals surface area contributed by atoms with Crippen LogP contribution in [-0.2, 0) is 62.0 Å². The number of ether oxygens (including phenoxy) is 6. The summed E-state index contributed by atoms with van der Waals surface area (Å²) in [6.07, 6.45) is -14.4. The van der Waals surface area contributed by atoms with Gasteiger partial charge in [-0.05, 0) is 104 Å². The first-order valence-electron chi connectivity index (χ1n) is 30.2. The maximum absolute atomic E-state index is 14.7. The molecule has 6 atom stereocenters. The molecular weight excluding hydrogens is 1410 g/mol. The van der Waals surface area contributed by atoms with Gasteiger partial charge in [-0.25, -0.2) is 18.8 Å². The van der Waals surface area contributed by atoms with Gasteiger partial charge in [0.25, 0.3) is 6.08 Å². The molecule has 1 N–H and O–H groups in total. The molecule has 1 heterocycles. The van der Waals surface area contributed by atoms with Crippen LogP contribution in [0, 0.1) is 23.7 Å². The summed E-state index contributed by atoms with van der Waals surface area (Å²) in [6.45, 7) is 15.8. The van der Waals surface area contributed by atoms with Crippen molar-refractivity contribution in [2.45, 2.75) is 242 Å². The molecule has 4 aliphatic carbocycles. The van der Waals surface area contributed by atoms with Crippen LogP contribution < -0.4 is 71.9 Å². The molecule has 0 radical (unpaired) electrons. The number of carbonyl (C=O) groups excluding carboxylic acids is 7. The molecule has 0 aromatic rings. The summed E-state index contributed by atoms with van der Waals surface area (Å²) in [7, 11) is 0. The number of aldehydes is 1. The Morgan fingerprint density at radius 3 is 1.31 bits per heavy atom. The quantitative estimate of drug-likeness (QED) is 0.0237. The zero-order chi connectivity index (χ0) is 76.8. The number of carbonyl (C=O) groups is 7. The molecule has 0 aromatic carbocycles. The molecule has 4 saturated carbocycles. The van der Waals surface area contributed by atoms with E-state index in [0.29, 0.717) is 37.2 Å². The Hall–Kier alpha value is -4.00. The number of allylic oxidation sites excluding steroid dienone is 1. The van der Waals surface area contributed by atoms with Gasteiger partial charge in [0.15, 0.2) is 5.78 Å². The van der Waals surface area contributed by atoms with E-state index in [2.05, 4.69) is 29.2 Å². The average molecular weight is 1490 g/mol. The van der Waals surface area contributed by atoms with Gasteiger partial charge >= 0.3 is 129 Å². The molecule has 570 valence electrons. The number of rotatable bonds is 18. The van der Waals surface area contributed by atoms with Crippen molar-refractivity contribution in [1.29, 1.82) is 0 Å². The van der Waals surface area contributed by atoms with Crippen LogP contribution in [0.15, 0.2) is 48.3 Å². The van der Waals surface area contributed by atoms with Gasteiger partial charge in [0.1, 0.15) is 38.9 Å². The van der Waals surface area contributed by atoms with E-state index in [9.17, 15) is 137 Å². The van der Waals surface area contributed by atoms with E-state index < -0.39 is 146 Å². The van der Waals surface area contributed by atoms with Crippen molar-refractivity contribution in [3.05, 3.63) is 48.3 Å². The molecule has 1 saturated heterocycles. The number of ketones is 2. The molecular formula is C61H81F20Li3O17. The van der Waals surface area contributed by atoms with Crippen LogP contribution in [-0.4, -0.2) is 146 Å². The van der Waals surface area contributed by atoms with Crippen molar-refractivity contribution in [1.82, 2.24) is 0 Å². The standard InChI is InChI=1S/C17H23F5O5.C15H24FO4.C10H12F5O2.C7H10O3.C7H12O.C3HF5O.C2F4O.3Li/c1-10(2)13(23)25-9-14(3)26-12(11-7-5-4-6-8-11)15(18,19)16(24,27-14)17(20,21)22;1-11(2)14(17)19-10-15(3,18)20-13(9-16)12-7-5-4-6-8-12;11-9(12,8(17)10(13,14)15)7(16)6-4-2-1-3-5-6;1-5(2)7(9)10-4-6(3)8;8-6-7-4-2-1-3-5-7;4-2(5)1(9)3(6,7)8;3-1(7)2(4,5)6;;;/h11-12,24H,1,4-9H2,2-3H3;12-13H,1,4-10H2,2-3H3;6-7H,1-5H2;1,4H2,2-3H3;6-7H,1-5H2;9H;;;;/q;2*-1;;;;;3*+1/p-1. The van der Waals surface area contributed by atoms with Crippen molar-refractivity contribution < 1.29 is 227 Å². The summed E-state index contributed by atoms with van der Waals surface area (Å²) >= 11 is 0. The molecule has 0 bridgehead atoms. The van der Waals surface area contributed by atoms with E-state index in [0.717, 1.165) is 71.0 Å². The normalized spacial score (nSPS) is 21.5. The minimum atomic E-state index is -5.80. The van der Waals surface area contributed by atoms with Crippen molar-refractivity contribution in [2.75, 3.05) is 26.5 Å². The molecule has 0 amide bonds. The molecule has 1 aliphatic heterocycles. The fourth-order valence-corrected chi connectivity index (χ4v) is 9.55. The van der Waals surface area contributed by atoms with Crippen LogP contribution in [0.1, 0.15) is 170 Å². The molecule has 40 heteroatoms. The Labute approximate surface area is 606 Å². The third-order valence-corrected chi connectivity index (χ3v) is 14.6. The monoisotopic (exact) mass is 1490 g/mol. The zero-order valence-electron chi connectivity index (χ0n) is 57.2. The molecule has 0 aromatic heterocycles. The Morgan fingerprint density at radius 1 is 0.614 bits per heavy atom. The molecule has 5 rings (SSSR count). The fourth-order valence-electron chi connectivity index (χ4n) is 9.55. The minimum Gasteiger partial charge on any atom is -0.866 e. The van der Waals surface area contributed by atoms with Crippen molar-refractivity contribution >= 4 is 41.8 Å².